The normalized spacial score (nSPS) is 17.5. The summed E-state index contributed by atoms with van der Waals surface area (Å²) in [5.74, 6) is -0.629. The first kappa shape index (κ1) is 15.5. The molecule has 1 atom stereocenters. The van der Waals surface area contributed by atoms with Gasteiger partial charge in [-0.2, -0.15) is 0 Å². The van der Waals surface area contributed by atoms with E-state index in [0.29, 0.717) is 5.70 Å². The van der Waals surface area contributed by atoms with Crippen LogP contribution in [-0.4, -0.2) is 23.5 Å². The van der Waals surface area contributed by atoms with Gasteiger partial charge in [0.25, 0.3) is 5.69 Å². The maximum absolute atomic E-state index is 12.1. The Balaban J connectivity index is 2.55. The Labute approximate surface area is 126 Å². The minimum atomic E-state index is -0.936. The number of rotatable bonds is 4. The lowest BCUT2D eigenvalue weighted by atomic mass is 9.94. The number of nitrogens with one attached hydrogen (secondary N) is 2. The number of benzene rings is 1. The van der Waals surface area contributed by atoms with Gasteiger partial charge in [0.05, 0.1) is 28.7 Å². The van der Waals surface area contributed by atoms with Crippen molar-refractivity contribution >= 4 is 17.7 Å². The van der Waals surface area contributed by atoms with Crippen molar-refractivity contribution in [1.29, 1.82) is 0 Å². The zero-order valence-corrected chi connectivity index (χ0v) is 12.1. The summed E-state index contributed by atoms with van der Waals surface area (Å²) >= 11 is 0. The predicted molar refractivity (Wildman–Crippen MR) is 76.8 cm³/mol. The Bertz CT molecular complexity index is 668. The number of ether oxygens (including phenoxy) is 1. The van der Waals surface area contributed by atoms with Gasteiger partial charge in [-0.05, 0) is 19.9 Å². The largest absolute Gasteiger partial charge is 0.463 e. The molecule has 0 aromatic heterocycles. The number of esters is 1. The van der Waals surface area contributed by atoms with Gasteiger partial charge >= 0.3 is 12.0 Å². The smallest absolute Gasteiger partial charge is 0.338 e. The average Bonchev–Trinajstić information content (AvgIpc) is 2.46. The number of nitro benzene ring substituents is 1. The molecule has 0 radical (unpaired) electrons. The maximum atomic E-state index is 12.1. The standard InChI is InChI=1S/C14H15N3O5/c1-3-22-13(18)11-8(2)15-14(19)16-12(11)9-6-4-5-7-10(9)17(20)21/h4-7,12H,3H2,1-2H3,(H2,15,16,19)/t12-/m1/s1. The molecule has 0 unspecified atom stereocenters. The highest BCUT2D eigenvalue weighted by Gasteiger charge is 2.35. The average molecular weight is 305 g/mol. The molecule has 1 aromatic carbocycles. The van der Waals surface area contributed by atoms with E-state index in [1.807, 2.05) is 0 Å². The molecule has 2 N–H and O–H groups in total. The Morgan fingerprint density at radius 3 is 2.73 bits per heavy atom. The van der Waals surface area contributed by atoms with Gasteiger partial charge in [-0.1, -0.05) is 12.1 Å². The van der Waals surface area contributed by atoms with Crippen molar-refractivity contribution in [2.75, 3.05) is 6.61 Å². The van der Waals surface area contributed by atoms with Gasteiger partial charge in [0.15, 0.2) is 0 Å². The van der Waals surface area contributed by atoms with E-state index in [-0.39, 0.29) is 23.4 Å². The number of urea groups is 1. The van der Waals surface area contributed by atoms with Crippen LogP contribution in [0, 0.1) is 10.1 Å². The van der Waals surface area contributed by atoms with E-state index in [9.17, 15) is 19.7 Å². The van der Waals surface area contributed by atoms with Crippen LogP contribution >= 0.6 is 0 Å². The maximum Gasteiger partial charge on any atom is 0.338 e. The van der Waals surface area contributed by atoms with E-state index in [0.717, 1.165) is 0 Å². The quantitative estimate of drug-likeness (QED) is 0.500. The zero-order chi connectivity index (χ0) is 16.3. The number of amides is 2. The topological polar surface area (TPSA) is 111 Å². The molecule has 116 valence electrons. The van der Waals surface area contributed by atoms with Crippen molar-refractivity contribution in [3.63, 3.8) is 0 Å². The Hall–Kier alpha value is -2.90. The summed E-state index contributed by atoms with van der Waals surface area (Å²) in [6.45, 7) is 3.36. The molecule has 1 heterocycles. The molecule has 0 bridgehead atoms. The van der Waals surface area contributed by atoms with Crippen LogP contribution < -0.4 is 10.6 Å². The molecule has 1 aliphatic heterocycles. The molecule has 0 aliphatic carbocycles. The first-order valence-electron chi connectivity index (χ1n) is 6.64. The van der Waals surface area contributed by atoms with Gasteiger partial charge in [-0.15, -0.1) is 0 Å². The molecule has 0 spiro atoms. The number of nitrogens with zero attached hydrogens (tertiary/aromatic N) is 1. The SMILES string of the molecule is CCOC(=O)C1=C(C)NC(=O)N[C@@H]1c1ccccc1[N+](=O)[O-]. The minimum Gasteiger partial charge on any atom is -0.463 e. The molecular formula is C14H15N3O5. The summed E-state index contributed by atoms with van der Waals surface area (Å²) in [5, 5.41) is 16.2. The molecule has 8 nitrogen and oxygen atoms in total. The van der Waals surface area contributed by atoms with E-state index >= 15 is 0 Å². The van der Waals surface area contributed by atoms with Crippen molar-refractivity contribution in [2.45, 2.75) is 19.9 Å². The highest BCUT2D eigenvalue weighted by molar-refractivity contribution is 5.95. The van der Waals surface area contributed by atoms with E-state index in [1.54, 1.807) is 19.9 Å². The second-order valence-electron chi connectivity index (χ2n) is 4.61. The number of para-hydroxylation sites is 1. The summed E-state index contributed by atoms with van der Waals surface area (Å²) < 4.78 is 4.98. The third-order valence-corrected chi connectivity index (χ3v) is 3.21. The Kier molecular flexibility index (Phi) is 4.40. The van der Waals surface area contributed by atoms with Gasteiger partial charge < -0.3 is 15.4 Å². The number of hydrogen-bond acceptors (Lipinski definition) is 5. The van der Waals surface area contributed by atoms with Gasteiger partial charge in [-0.25, -0.2) is 9.59 Å². The first-order valence-corrected chi connectivity index (χ1v) is 6.64. The molecule has 8 heteroatoms. The molecule has 1 aromatic rings. The number of allylic oxidation sites excluding steroid dienone is 1. The molecule has 0 fully saturated rings. The number of carbonyl (C=O) groups excluding carboxylic acids is 2. The molecule has 2 rings (SSSR count). The first-order chi connectivity index (χ1) is 10.5. The van der Waals surface area contributed by atoms with Crippen LogP contribution in [0.15, 0.2) is 35.5 Å². The van der Waals surface area contributed by atoms with Crippen molar-refractivity contribution < 1.29 is 19.2 Å². The van der Waals surface area contributed by atoms with Crippen LogP contribution in [0.5, 0.6) is 0 Å². The number of nitro groups is 1. The van der Waals surface area contributed by atoms with E-state index in [1.165, 1.54) is 18.2 Å². The van der Waals surface area contributed by atoms with Gasteiger partial charge in [0.2, 0.25) is 0 Å². The fraction of sp³-hybridized carbons (Fsp3) is 0.286. The van der Waals surface area contributed by atoms with Crippen molar-refractivity contribution in [2.24, 2.45) is 0 Å². The van der Waals surface area contributed by atoms with Crippen LogP contribution in [0.4, 0.5) is 10.5 Å². The summed E-state index contributed by atoms with van der Waals surface area (Å²) in [5.41, 5.74) is 0.509. The fourth-order valence-electron chi connectivity index (χ4n) is 2.30. The lowest BCUT2D eigenvalue weighted by molar-refractivity contribution is -0.385. The summed E-state index contributed by atoms with van der Waals surface area (Å²) in [4.78, 5) is 34.4. The number of carbonyl (C=O) groups is 2. The molecule has 1 aliphatic rings. The summed E-state index contributed by atoms with van der Waals surface area (Å²) in [7, 11) is 0. The van der Waals surface area contributed by atoms with Crippen molar-refractivity contribution in [1.82, 2.24) is 10.6 Å². The van der Waals surface area contributed by atoms with Gasteiger partial charge in [-0.3, -0.25) is 10.1 Å². The Morgan fingerprint density at radius 2 is 2.09 bits per heavy atom. The zero-order valence-electron chi connectivity index (χ0n) is 12.1. The third-order valence-electron chi connectivity index (χ3n) is 3.21. The van der Waals surface area contributed by atoms with Crippen LogP contribution in [0.3, 0.4) is 0 Å². The predicted octanol–water partition coefficient (Wildman–Crippen LogP) is 1.79. The van der Waals surface area contributed by atoms with Crippen LogP contribution in [0.2, 0.25) is 0 Å². The Morgan fingerprint density at radius 1 is 1.41 bits per heavy atom. The van der Waals surface area contributed by atoms with E-state index < -0.39 is 23.0 Å². The van der Waals surface area contributed by atoms with Crippen LogP contribution in [0.25, 0.3) is 0 Å². The van der Waals surface area contributed by atoms with Crippen molar-refractivity contribution in [3.05, 3.63) is 51.2 Å². The molecule has 0 saturated heterocycles. The lowest BCUT2D eigenvalue weighted by Crippen LogP contribution is -2.45. The second kappa shape index (κ2) is 6.25. The van der Waals surface area contributed by atoms with E-state index in [4.69, 9.17) is 4.74 Å². The summed E-state index contributed by atoms with van der Waals surface area (Å²) in [6, 6.07) is 4.48. The third kappa shape index (κ3) is 2.90. The molecule has 2 amide bonds. The van der Waals surface area contributed by atoms with Crippen LogP contribution in [-0.2, 0) is 9.53 Å². The molecular weight excluding hydrogens is 290 g/mol. The fourth-order valence-corrected chi connectivity index (χ4v) is 2.30. The van der Waals surface area contributed by atoms with Crippen molar-refractivity contribution in [3.8, 4) is 0 Å². The monoisotopic (exact) mass is 305 g/mol. The summed E-state index contributed by atoms with van der Waals surface area (Å²) in [6.07, 6.45) is 0. The highest BCUT2D eigenvalue weighted by atomic mass is 16.6. The highest BCUT2D eigenvalue weighted by Crippen LogP contribution is 2.33. The van der Waals surface area contributed by atoms with E-state index in [2.05, 4.69) is 10.6 Å². The minimum absolute atomic E-state index is 0.149. The van der Waals surface area contributed by atoms with Gasteiger partial charge in [0, 0.05) is 11.8 Å². The number of hydrogen-bond donors (Lipinski definition) is 2. The van der Waals surface area contributed by atoms with Gasteiger partial charge in [0.1, 0.15) is 0 Å². The lowest BCUT2D eigenvalue weighted by Gasteiger charge is -2.27. The molecule has 22 heavy (non-hydrogen) atoms. The van der Waals surface area contributed by atoms with Crippen LogP contribution in [0.1, 0.15) is 25.5 Å². The second-order valence-corrected chi connectivity index (χ2v) is 4.61. The molecule has 0 saturated carbocycles.